The SMILES string of the molecule is COc1ccc(C)cc1C(C)NC(=NCc1nnc(C)n1C)NC1CCCC1.I. The van der Waals surface area contributed by atoms with E-state index in [1.165, 1.54) is 31.2 Å². The van der Waals surface area contributed by atoms with Crippen LogP contribution in [0.3, 0.4) is 0 Å². The van der Waals surface area contributed by atoms with Gasteiger partial charge in [-0.2, -0.15) is 0 Å². The van der Waals surface area contributed by atoms with E-state index in [4.69, 9.17) is 9.73 Å². The second-order valence-corrected chi connectivity index (χ2v) is 7.62. The standard InChI is InChI=1S/C21H32N6O.HI/c1-14-10-11-19(28-5)18(12-14)15(2)23-21(24-17-8-6-7-9-17)22-13-20-26-25-16(3)27(20)4;/h10-12,15,17H,6-9,13H2,1-5H3,(H2,22,23,24);1H. The first-order valence-electron chi connectivity index (χ1n) is 10.0. The molecule has 0 aliphatic heterocycles. The third-order valence-electron chi connectivity index (χ3n) is 5.46. The molecule has 0 spiro atoms. The molecular formula is C21H33IN6O. The largest absolute Gasteiger partial charge is 0.496 e. The first-order chi connectivity index (χ1) is 13.5. The number of aromatic nitrogens is 3. The highest BCUT2D eigenvalue weighted by Gasteiger charge is 2.19. The number of ether oxygens (including phenoxy) is 1. The van der Waals surface area contributed by atoms with Crippen molar-refractivity contribution in [3.8, 4) is 5.75 Å². The molecule has 1 aromatic carbocycles. The maximum atomic E-state index is 5.56. The van der Waals surface area contributed by atoms with E-state index < -0.39 is 0 Å². The zero-order valence-corrected chi connectivity index (χ0v) is 20.4. The highest BCUT2D eigenvalue weighted by Crippen LogP contribution is 2.26. The molecule has 0 radical (unpaired) electrons. The Bertz CT molecular complexity index is 829. The molecule has 1 unspecified atom stereocenters. The van der Waals surface area contributed by atoms with Crippen molar-refractivity contribution in [3.05, 3.63) is 41.0 Å². The van der Waals surface area contributed by atoms with E-state index in [-0.39, 0.29) is 30.0 Å². The van der Waals surface area contributed by atoms with Gasteiger partial charge in [-0.15, -0.1) is 34.2 Å². The number of guanidine groups is 1. The Labute approximate surface area is 190 Å². The average molecular weight is 512 g/mol. The molecule has 1 aliphatic rings. The Morgan fingerprint density at radius 1 is 1.28 bits per heavy atom. The van der Waals surface area contributed by atoms with Crippen LogP contribution in [-0.2, 0) is 13.6 Å². The number of rotatable bonds is 6. The van der Waals surface area contributed by atoms with Crippen LogP contribution in [0.1, 0.15) is 61.4 Å². The lowest BCUT2D eigenvalue weighted by Gasteiger charge is -2.23. The Morgan fingerprint density at radius 3 is 2.62 bits per heavy atom. The van der Waals surface area contributed by atoms with E-state index in [0.29, 0.717) is 12.6 Å². The molecule has 1 aliphatic carbocycles. The predicted molar refractivity (Wildman–Crippen MR) is 127 cm³/mol. The van der Waals surface area contributed by atoms with Crippen LogP contribution in [0.4, 0.5) is 0 Å². The van der Waals surface area contributed by atoms with Gasteiger partial charge in [-0.3, -0.25) is 0 Å². The third kappa shape index (κ3) is 6.07. The van der Waals surface area contributed by atoms with Crippen LogP contribution < -0.4 is 15.4 Å². The number of nitrogens with zero attached hydrogens (tertiary/aromatic N) is 4. The number of benzene rings is 1. The molecule has 0 saturated heterocycles. The number of aliphatic imine (C=N–C) groups is 1. The normalized spacial score (nSPS) is 15.7. The monoisotopic (exact) mass is 512 g/mol. The smallest absolute Gasteiger partial charge is 0.192 e. The number of halogens is 1. The van der Waals surface area contributed by atoms with Crippen LogP contribution in [0.15, 0.2) is 23.2 Å². The summed E-state index contributed by atoms with van der Waals surface area (Å²) in [5.41, 5.74) is 2.33. The van der Waals surface area contributed by atoms with Crippen molar-refractivity contribution in [3.63, 3.8) is 0 Å². The summed E-state index contributed by atoms with van der Waals surface area (Å²) in [7, 11) is 3.68. The minimum Gasteiger partial charge on any atom is -0.496 e. The van der Waals surface area contributed by atoms with Crippen LogP contribution >= 0.6 is 24.0 Å². The molecule has 1 atom stereocenters. The fourth-order valence-electron chi connectivity index (χ4n) is 3.61. The van der Waals surface area contributed by atoms with Crippen LogP contribution in [0.2, 0.25) is 0 Å². The second-order valence-electron chi connectivity index (χ2n) is 7.62. The lowest BCUT2D eigenvalue weighted by molar-refractivity contribution is 0.405. The van der Waals surface area contributed by atoms with Gasteiger partial charge in [0.1, 0.15) is 18.1 Å². The van der Waals surface area contributed by atoms with Gasteiger partial charge in [0, 0.05) is 18.7 Å². The van der Waals surface area contributed by atoms with Crippen LogP contribution in [-0.4, -0.2) is 33.9 Å². The summed E-state index contributed by atoms with van der Waals surface area (Å²) in [6.45, 7) is 6.66. The molecule has 160 valence electrons. The minimum atomic E-state index is 0. The molecule has 0 amide bonds. The number of hydrogen-bond acceptors (Lipinski definition) is 4. The van der Waals surface area contributed by atoms with Crippen molar-refractivity contribution in [1.82, 2.24) is 25.4 Å². The van der Waals surface area contributed by atoms with Crippen LogP contribution in [0.5, 0.6) is 5.75 Å². The maximum Gasteiger partial charge on any atom is 0.192 e. The highest BCUT2D eigenvalue weighted by atomic mass is 127. The summed E-state index contributed by atoms with van der Waals surface area (Å²) in [6, 6.07) is 6.78. The molecule has 29 heavy (non-hydrogen) atoms. The van der Waals surface area contributed by atoms with Crippen molar-refractivity contribution in [2.75, 3.05) is 7.11 Å². The van der Waals surface area contributed by atoms with Gasteiger partial charge in [0.05, 0.1) is 13.2 Å². The molecule has 2 aromatic rings. The first kappa shape index (κ1) is 23.4. The summed E-state index contributed by atoms with van der Waals surface area (Å²) < 4.78 is 7.54. The van der Waals surface area contributed by atoms with E-state index in [2.05, 4.69) is 46.8 Å². The molecule has 7 nitrogen and oxygen atoms in total. The molecule has 8 heteroatoms. The Kier molecular flexibility index (Phi) is 8.73. The summed E-state index contributed by atoms with van der Waals surface area (Å²) in [6.07, 6.45) is 4.92. The fraction of sp³-hybridized carbons (Fsp3) is 0.571. The highest BCUT2D eigenvalue weighted by molar-refractivity contribution is 14.0. The minimum absolute atomic E-state index is 0. The zero-order valence-electron chi connectivity index (χ0n) is 18.0. The molecule has 3 rings (SSSR count). The Hall–Kier alpha value is -1.84. The van der Waals surface area contributed by atoms with Gasteiger partial charge in [-0.05, 0) is 39.7 Å². The summed E-state index contributed by atoms with van der Waals surface area (Å²) in [4.78, 5) is 4.81. The Balaban J connectivity index is 0.00000300. The number of nitrogens with one attached hydrogen (secondary N) is 2. The van der Waals surface area contributed by atoms with Crippen molar-refractivity contribution in [2.45, 2.75) is 65.1 Å². The maximum absolute atomic E-state index is 5.56. The Morgan fingerprint density at radius 2 is 2.00 bits per heavy atom. The van der Waals surface area contributed by atoms with Gasteiger partial charge in [0.2, 0.25) is 0 Å². The van der Waals surface area contributed by atoms with Crippen molar-refractivity contribution < 1.29 is 4.74 Å². The average Bonchev–Trinajstić information content (AvgIpc) is 3.30. The fourth-order valence-corrected chi connectivity index (χ4v) is 3.61. The van der Waals surface area contributed by atoms with Crippen LogP contribution in [0, 0.1) is 13.8 Å². The van der Waals surface area contributed by atoms with Gasteiger partial charge in [-0.25, -0.2) is 4.99 Å². The van der Waals surface area contributed by atoms with Gasteiger partial charge in [-0.1, -0.05) is 30.5 Å². The van der Waals surface area contributed by atoms with E-state index in [9.17, 15) is 0 Å². The number of methoxy groups -OCH3 is 1. The quantitative estimate of drug-likeness (QED) is 0.350. The topological polar surface area (TPSA) is 76.4 Å². The van der Waals surface area contributed by atoms with Crippen molar-refractivity contribution in [1.29, 1.82) is 0 Å². The van der Waals surface area contributed by atoms with Crippen molar-refractivity contribution in [2.24, 2.45) is 12.0 Å². The van der Waals surface area contributed by atoms with Crippen LogP contribution in [0.25, 0.3) is 0 Å². The van der Waals surface area contributed by atoms with Gasteiger partial charge in [0.15, 0.2) is 11.8 Å². The molecule has 2 N–H and O–H groups in total. The zero-order chi connectivity index (χ0) is 20.1. The molecular weight excluding hydrogens is 479 g/mol. The predicted octanol–water partition coefficient (Wildman–Crippen LogP) is 3.80. The molecule has 1 aromatic heterocycles. The lowest BCUT2D eigenvalue weighted by Crippen LogP contribution is -2.43. The van der Waals surface area contributed by atoms with Gasteiger partial charge in [0.25, 0.3) is 0 Å². The molecule has 1 heterocycles. The third-order valence-corrected chi connectivity index (χ3v) is 5.46. The van der Waals surface area contributed by atoms with E-state index in [1.807, 2.05) is 24.6 Å². The number of aryl methyl sites for hydroxylation is 2. The summed E-state index contributed by atoms with van der Waals surface area (Å²) >= 11 is 0. The van der Waals surface area contributed by atoms with E-state index in [1.54, 1.807) is 7.11 Å². The lowest BCUT2D eigenvalue weighted by atomic mass is 10.0. The van der Waals surface area contributed by atoms with Gasteiger partial charge < -0.3 is 19.9 Å². The van der Waals surface area contributed by atoms with E-state index >= 15 is 0 Å². The summed E-state index contributed by atoms with van der Waals surface area (Å²) in [5.74, 6) is 3.44. The van der Waals surface area contributed by atoms with Crippen molar-refractivity contribution >= 4 is 29.9 Å². The summed E-state index contributed by atoms with van der Waals surface area (Å²) in [5, 5.41) is 15.5. The molecule has 0 bridgehead atoms. The van der Waals surface area contributed by atoms with E-state index in [0.717, 1.165) is 28.9 Å². The first-order valence-corrected chi connectivity index (χ1v) is 10.0. The molecule has 1 saturated carbocycles. The second kappa shape index (κ2) is 10.8. The molecule has 1 fully saturated rings. The van der Waals surface area contributed by atoms with Gasteiger partial charge >= 0.3 is 0 Å². The number of hydrogen-bond donors (Lipinski definition) is 2.